The van der Waals surface area contributed by atoms with Crippen LogP contribution in [0.1, 0.15) is 58.8 Å². The van der Waals surface area contributed by atoms with Crippen LogP contribution >= 0.6 is 0 Å². The van der Waals surface area contributed by atoms with E-state index in [1.807, 2.05) is 44.2 Å². The molecule has 0 aliphatic carbocycles. The van der Waals surface area contributed by atoms with Gasteiger partial charge in [-0.15, -0.1) is 0 Å². The van der Waals surface area contributed by atoms with Gasteiger partial charge in [-0.3, -0.25) is 28.8 Å². The zero-order valence-electron chi connectivity index (χ0n) is 28.3. The molecule has 1 aromatic carbocycles. The highest BCUT2D eigenvalue weighted by Gasteiger charge is 2.29. The van der Waals surface area contributed by atoms with Crippen molar-refractivity contribution in [2.75, 3.05) is 19.6 Å². The Morgan fingerprint density at radius 2 is 1.61 bits per heavy atom. The van der Waals surface area contributed by atoms with Crippen molar-refractivity contribution >= 4 is 29.5 Å². The number of pyridine rings is 1. The van der Waals surface area contributed by atoms with Gasteiger partial charge in [0.1, 0.15) is 24.5 Å². The summed E-state index contributed by atoms with van der Waals surface area (Å²) in [5.74, 6) is -1.55. The number of hydrogen-bond donors (Lipinski definition) is 4. The number of aromatic nitrogens is 4. The Hall–Kier alpha value is -5.34. The first-order chi connectivity index (χ1) is 23.4. The van der Waals surface area contributed by atoms with E-state index in [1.165, 1.54) is 27.1 Å². The maximum Gasteiger partial charge on any atom is 0.250 e. The average molecular weight is 676 g/mol. The minimum Gasteiger partial charge on any atom is -0.354 e. The van der Waals surface area contributed by atoms with Crippen LogP contribution in [0.25, 0.3) is 11.4 Å². The van der Waals surface area contributed by atoms with Crippen molar-refractivity contribution in [3.05, 3.63) is 70.9 Å². The predicted octanol–water partition coefficient (Wildman–Crippen LogP) is 0.758. The zero-order valence-corrected chi connectivity index (χ0v) is 28.3. The Bertz CT molecular complexity index is 1690. The van der Waals surface area contributed by atoms with E-state index in [2.05, 4.69) is 31.3 Å². The van der Waals surface area contributed by atoms with E-state index in [-0.39, 0.29) is 62.4 Å². The Morgan fingerprint density at radius 3 is 2.33 bits per heavy atom. The van der Waals surface area contributed by atoms with Crippen LogP contribution < -0.4 is 26.8 Å². The zero-order chi connectivity index (χ0) is 35.5. The second-order valence-electron chi connectivity index (χ2n) is 12.5. The summed E-state index contributed by atoms with van der Waals surface area (Å²) in [5, 5.41) is 15.7. The number of nitrogens with zero attached hydrogens (tertiary/aromatic N) is 5. The van der Waals surface area contributed by atoms with Crippen LogP contribution in [0.5, 0.6) is 0 Å². The number of fused-ring (bicyclic) bond motifs is 1. The van der Waals surface area contributed by atoms with Crippen molar-refractivity contribution in [2.24, 2.45) is 5.92 Å². The molecule has 0 spiro atoms. The maximum atomic E-state index is 13.6. The van der Waals surface area contributed by atoms with Crippen molar-refractivity contribution in [3.63, 3.8) is 0 Å². The number of carbonyl (C=O) groups excluding carboxylic acids is 5. The molecular weight excluding hydrogens is 630 g/mol. The molecule has 5 amide bonds. The molecule has 0 saturated carbocycles. The fourth-order valence-corrected chi connectivity index (χ4v) is 5.41. The molecule has 0 unspecified atom stereocenters. The average Bonchev–Trinajstić information content (AvgIpc) is 3.48. The fourth-order valence-electron chi connectivity index (χ4n) is 5.41. The second-order valence-corrected chi connectivity index (χ2v) is 12.5. The van der Waals surface area contributed by atoms with Crippen molar-refractivity contribution < 1.29 is 24.0 Å². The lowest BCUT2D eigenvalue weighted by atomic mass is 10.0. The molecule has 15 nitrogen and oxygen atoms in total. The van der Waals surface area contributed by atoms with Crippen molar-refractivity contribution in [1.29, 1.82) is 0 Å². The summed E-state index contributed by atoms with van der Waals surface area (Å²) < 4.78 is 2.85. The van der Waals surface area contributed by atoms with Crippen LogP contribution in [-0.4, -0.2) is 85.5 Å². The highest BCUT2D eigenvalue weighted by atomic mass is 16.2. The molecular formula is C34H45N9O6. The molecule has 1 aliphatic heterocycles. The number of nitrogens with one attached hydrogen (secondary N) is 4. The largest absolute Gasteiger partial charge is 0.354 e. The molecule has 15 heteroatoms. The number of carbonyl (C=O) groups is 5. The van der Waals surface area contributed by atoms with Gasteiger partial charge in [-0.1, -0.05) is 50.2 Å². The van der Waals surface area contributed by atoms with Crippen LogP contribution in [0.15, 0.2) is 59.5 Å². The van der Waals surface area contributed by atoms with Crippen LogP contribution in [0.3, 0.4) is 0 Å². The van der Waals surface area contributed by atoms with Gasteiger partial charge in [-0.05, 0) is 38.7 Å². The lowest BCUT2D eigenvalue weighted by Gasteiger charge is -2.25. The van der Waals surface area contributed by atoms with E-state index in [9.17, 15) is 28.8 Å². The summed E-state index contributed by atoms with van der Waals surface area (Å²) in [6.07, 6.45) is 2.19. The van der Waals surface area contributed by atoms with E-state index in [1.54, 1.807) is 25.3 Å². The smallest absolute Gasteiger partial charge is 0.250 e. The fraction of sp³-hybridized carbons (Fsp3) is 0.471. The van der Waals surface area contributed by atoms with Gasteiger partial charge in [0.25, 0.3) is 5.56 Å². The molecule has 262 valence electrons. The molecule has 2 aromatic heterocycles. The molecule has 0 bridgehead atoms. The Morgan fingerprint density at radius 1 is 0.878 bits per heavy atom. The van der Waals surface area contributed by atoms with Gasteiger partial charge in [0.15, 0.2) is 5.82 Å². The minimum atomic E-state index is -1.01. The number of aryl methyl sites for hydroxylation is 1. The van der Waals surface area contributed by atoms with Gasteiger partial charge in [0.2, 0.25) is 29.5 Å². The van der Waals surface area contributed by atoms with E-state index in [4.69, 9.17) is 0 Å². The third-order valence-electron chi connectivity index (χ3n) is 7.96. The van der Waals surface area contributed by atoms with Gasteiger partial charge in [0.05, 0.1) is 12.6 Å². The van der Waals surface area contributed by atoms with Gasteiger partial charge in [0, 0.05) is 43.9 Å². The van der Waals surface area contributed by atoms with Crippen molar-refractivity contribution in [2.45, 2.75) is 78.2 Å². The Balaban J connectivity index is 1.58. The normalized spacial score (nSPS) is 20.2. The van der Waals surface area contributed by atoms with Gasteiger partial charge >= 0.3 is 0 Å². The topological polar surface area (TPSA) is 189 Å². The summed E-state index contributed by atoms with van der Waals surface area (Å²) in [6, 6.07) is 11.3. The van der Waals surface area contributed by atoms with E-state index >= 15 is 0 Å². The molecule has 3 atom stereocenters. The van der Waals surface area contributed by atoms with Crippen molar-refractivity contribution in [3.8, 4) is 11.4 Å². The van der Waals surface area contributed by atoms with Gasteiger partial charge < -0.3 is 30.7 Å². The maximum absolute atomic E-state index is 13.6. The third-order valence-corrected chi connectivity index (χ3v) is 7.96. The second kappa shape index (κ2) is 17.2. The summed E-state index contributed by atoms with van der Waals surface area (Å²) in [4.78, 5) is 84.3. The van der Waals surface area contributed by atoms with Crippen molar-refractivity contribution in [1.82, 2.24) is 45.5 Å². The van der Waals surface area contributed by atoms with Gasteiger partial charge in [-0.2, -0.15) is 5.10 Å². The molecule has 1 aliphatic rings. The van der Waals surface area contributed by atoms with Crippen LogP contribution in [0, 0.1) is 5.92 Å². The molecule has 3 heterocycles. The summed E-state index contributed by atoms with van der Waals surface area (Å²) in [5.41, 5.74) is 0.482. The monoisotopic (exact) mass is 675 g/mol. The number of benzene rings is 1. The van der Waals surface area contributed by atoms with Crippen LogP contribution in [0.2, 0.25) is 0 Å². The first kappa shape index (κ1) is 36.5. The lowest BCUT2D eigenvalue weighted by Crippen LogP contribution is -2.54. The molecule has 3 aromatic rings. The quantitative estimate of drug-likeness (QED) is 0.295. The molecule has 0 fully saturated rings. The highest BCUT2D eigenvalue weighted by Crippen LogP contribution is 2.19. The predicted molar refractivity (Wildman–Crippen MR) is 181 cm³/mol. The molecule has 49 heavy (non-hydrogen) atoms. The summed E-state index contributed by atoms with van der Waals surface area (Å²) in [7, 11) is 0. The standard InChI is InChI=1S/C34H45N9O6/c1-22(2)19-26-34(49)37-23(3)32-39-31(25-11-6-5-7-12-25)40-43(32)21-27(44)35-15-10-17-42(20-28(45)36-24(4)33(48)38-26)30(47)14-18-41-16-9-8-13-29(41)46/h5-9,11-13,16,22-24,26H,10,14-15,17-21H2,1-4H3,(H,35,44)(H,36,45)(H,37,49)(H,38,48)/t23-,24+,26+/m0/s1. The summed E-state index contributed by atoms with van der Waals surface area (Å²) >= 11 is 0. The molecule has 0 radical (unpaired) electrons. The lowest BCUT2D eigenvalue weighted by molar-refractivity contribution is -0.137. The third kappa shape index (κ3) is 10.6. The molecule has 4 N–H and O–H groups in total. The van der Waals surface area contributed by atoms with Crippen LogP contribution in [-0.2, 0) is 37.1 Å². The summed E-state index contributed by atoms with van der Waals surface area (Å²) in [6.45, 7) is 6.99. The molecule has 4 rings (SSSR count). The first-order valence-corrected chi connectivity index (χ1v) is 16.5. The van der Waals surface area contributed by atoms with E-state index in [0.717, 1.165) is 5.56 Å². The molecule has 0 saturated heterocycles. The van der Waals surface area contributed by atoms with Gasteiger partial charge in [-0.25, -0.2) is 9.67 Å². The highest BCUT2D eigenvalue weighted by molar-refractivity contribution is 5.93. The number of hydrogen-bond acceptors (Lipinski definition) is 8. The van der Waals surface area contributed by atoms with E-state index < -0.39 is 35.8 Å². The first-order valence-electron chi connectivity index (χ1n) is 16.5. The van der Waals surface area contributed by atoms with Crippen LogP contribution in [0.4, 0.5) is 0 Å². The number of amides is 5. The Kier molecular flexibility index (Phi) is 12.8. The number of rotatable bonds is 6. The SMILES string of the molecule is CC(C)C[C@H]1NC(=O)[C@@H](C)NC(=O)CN(C(=O)CCn2ccccc2=O)CCCNC(=O)Cn2nc(-c3ccccc3)nc2[C@H](C)NC1=O. The van der Waals surface area contributed by atoms with E-state index in [0.29, 0.717) is 24.5 Å². The minimum absolute atomic E-state index is 0.0391. The Labute approximate surface area is 284 Å².